The van der Waals surface area contributed by atoms with Crippen LogP contribution in [0, 0.1) is 5.92 Å². The monoisotopic (exact) mass is 380 g/mol. The average molecular weight is 381 g/mol. The lowest BCUT2D eigenvalue weighted by Crippen LogP contribution is -2.30. The summed E-state index contributed by atoms with van der Waals surface area (Å²) in [5.41, 5.74) is 0.567. The molecule has 0 N–H and O–H groups in total. The van der Waals surface area contributed by atoms with Crippen molar-refractivity contribution in [3.05, 3.63) is 39.6 Å². The number of ketones is 3. The fourth-order valence-electron chi connectivity index (χ4n) is 2.86. The van der Waals surface area contributed by atoms with E-state index in [2.05, 4.69) is 15.5 Å². The molecule has 0 aliphatic heterocycles. The van der Waals surface area contributed by atoms with Gasteiger partial charge >= 0.3 is 0 Å². The van der Waals surface area contributed by atoms with Crippen molar-refractivity contribution in [1.29, 1.82) is 0 Å². The number of hydrogen-bond acceptors (Lipinski definition) is 6. The second kappa shape index (κ2) is 7.41. The van der Waals surface area contributed by atoms with Gasteiger partial charge in [-0.2, -0.15) is 0 Å². The van der Waals surface area contributed by atoms with Crippen LogP contribution in [0.2, 0.25) is 10.0 Å². The van der Waals surface area contributed by atoms with Crippen LogP contribution >= 0.6 is 23.2 Å². The summed E-state index contributed by atoms with van der Waals surface area (Å²) < 4.78 is 1.41. The summed E-state index contributed by atoms with van der Waals surface area (Å²) in [6.45, 7) is 0.165. The standard InChI is InChI=1S/C16H14Cl2N4O3/c17-11-6-5-9(15(18)10(11)7-22-8-19-20-21-22)16(25)14-12(23)3-1-2-4-13(14)24/h5-6,8,14H,1-4,7H2. The number of aromatic nitrogens is 4. The van der Waals surface area contributed by atoms with Crippen LogP contribution < -0.4 is 0 Å². The molecular formula is C16H14Cl2N4O3. The van der Waals surface area contributed by atoms with E-state index >= 15 is 0 Å². The molecule has 0 bridgehead atoms. The summed E-state index contributed by atoms with van der Waals surface area (Å²) in [5, 5.41) is 11.2. The van der Waals surface area contributed by atoms with Crippen LogP contribution in [0.25, 0.3) is 0 Å². The van der Waals surface area contributed by atoms with E-state index in [1.807, 2.05) is 0 Å². The second-order valence-corrected chi connectivity index (χ2v) is 6.62. The van der Waals surface area contributed by atoms with Crippen molar-refractivity contribution in [3.8, 4) is 0 Å². The van der Waals surface area contributed by atoms with E-state index in [4.69, 9.17) is 23.2 Å². The lowest BCUT2D eigenvalue weighted by molar-refractivity contribution is -0.129. The quantitative estimate of drug-likeness (QED) is 0.459. The van der Waals surface area contributed by atoms with Gasteiger partial charge in [0.2, 0.25) is 0 Å². The van der Waals surface area contributed by atoms with Crippen molar-refractivity contribution in [2.75, 3.05) is 0 Å². The van der Waals surface area contributed by atoms with Gasteiger partial charge in [0.05, 0.1) is 11.6 Å². The minimum atomic E-state index is -1.28. The molecule has 9 heteroatoms. The molecule has 1 aromatic carbocycles. The predicted molar refractivity (Wildman–Crippen MR) is 89.7 cm³/mol. The maximum Gasteiger partial charge on any atom is 0.182 e. The highest BCUT2D eigenvalue weighted by Gasteiger charge is 2.36. The fourth-order valence-corrected chi connectivity index (χ4v) is 3.45. The van der Waals surface area contributed by atoms with Crippen molar-refractivity contribution in [1.82, 2.24) is 20.2 Å². The molecule has 25 heavy (non-hydrogen) atoms. The van der Waals surface area contributed by atoms with Crippen LogP contribution in [-0.4, -0.2) is 37.6 Å². The third-order valence-electron chi connectivity index (χ3n) is 4.17. The maximum absolute atomic E-state index is 12.8. The van der Waals surface area contributed by atoms with Gasteiger partial charge in [-0.3, -0.25) is 14.4 Å². The molecule has 130 valence electrons. The van der Waals surface area contributed by atoms with E-state index < -0.39 is 11.7 Å². The molecule has 0 saturated heterocycles. The highest BCUT2D eigenvalue weighted by atomic mass is 35.5. The minimum absolute atomic E-state index is 0.109. The number of carbonyl (C=O) groups excluding carboxylic acids is 3. The van der Waals surface area contributed by atoms with Gasteiger partial charge in [0.25, 0.3) is 0 Å². The van der Waals surface area contributed by atoms with E-state index in [1.165, 1.54) is 23.1 Å². The summed E-state index contributed by atoms with van der Waals surface area (Å²) in [6.07, 6.45) is 3.08. The van der Waals surface area contributed by atoms with Gasteiger partial charge in [0.1, 0.15) is 12.2 Å². The van der Waals surface area contributed by atoms with Gasteiger partial charge in [0.15, 0.2) is 17.3 Å². The molecule has 2 aromatic rings. The highest BCUT2D eigenvalue weighted by molar-refractivity contribution is 6.39. The maximum atomic E-state index is 12.8. The van der Waals surface area contributed by atoms with Gasteiger partial charge < -0.3 is 0 Å². The van der Waals surface area contributed by atoms with Crippen molar-refractivity contribution in [2.24, 2.45) is 5.92 Å². The number of benzene rings is 1. The average Bonchev–Trinajstić information content (AvgIpc) is 3.02. The normalized spacial score (nSPS) is 16.1. The summed E-state index contributed by atoms with van der Waals surface area (Å²) in [7, 11) is 0. The summed E-state index contributed by atoms with van der Waals surface area (Å²) >= 11 is 12.6. The minimum Gasteiger partial charge on any atom is -0.298 e. The molecule has 7 nitrogen and oxygen atoms in total. The molecular weight excluding hydrogens is 367 g/mol. The summed E-state index contributed by atoms with van der Waals surface area (Å²) in [5.74, 6) is -2.54. The van der Waals surface area contributed by atoms with Crippen molar-refractivity contribution < 1.29 is 14.4 Å². The number of tetrazole rings is 1. The van der Waals surface area contributed by atoms with Crippen molar-refractivity contribution in [3.63, 3.8) is 0 Å². The van der Waals surface area contributed by atoms with Gasteiger partial charge in [-0.1, -0.05) is 23.2 Å². The third kappa shape index (κ3) is 3.62. The molecule has 0 amide bonds. The SMILES string of the molecule is O=C1CCCCC(=O)C1C(=O)c1ccc(Cl)c(Cn2cnnn2)c1Cl. The number of rotatable bonds is 4. The number of carbonyl (C=O) groups is 3. The Bertz CT molecular complexity index is 818. The van der Waals surface area contributed by atoms with Gasteiger partial charge in [-0.05, 0) is 35.4 Å². The summed E-state index contributed by atoms with van der Waals surface area (Å²) in [4.78, 5) is 37.3. The molecule has 0 spiro atoms. The van der Waals surface area contributed by atoms with E-state index in [0.29, 0.717) is 23.4 Å². The lowest BCUT2D eigenvalue weighted by Gasteiger charge is -2.15. The zero-order valence-corrected chi connectivity index (χ0v) is 14.6. The van der Waals surface area contributed by atoms with Gasteiger partial charge in [-0.25, -0.2) is 4.68 Å². The Morgan fingerprint density at radius 1 is 1.16 bits per heavy atom. The number of nitrogens with zero attached hydrogens (tertiary/aromatic N) is 4. The van der Waals surface area contributed by atoms with Gasteiger partial charge in [-0.15, -0.1) is 5.10 Å². The molecule has 1 aromatic heterocycles. The first kappa shape index (κ1) is 17.7. The zero-order valence-electron chi connectivity index (χ0n) is 13.1. The van der Waals surface area contributed by atoms with Crippen LogP contribution in [0.4, 0.5) is 0 Å². The van der Waals surface area contributed by atoms with E-state index in [-0.39, 0.29) is 41.5 Å². The van der Waals surface area contributed by atoms with Crippen LogP contribution in [0.1, 0.15) is 41.6 Å². The summed E-state index contributed by atoms with van der Waals surface area (Å²) in [6, 6.07) is 2.97. The van der Waals surface area contributed by atoms with Crippen LogP contribution in [0.5, 0.6) is 0 Å². The number of hydrogen-bond donors (Lipinski definition) is 0. The third-order valence-corrected chi connectivity index (χ3v) is 4.95. The van der Waals surface area contributed by atoms with E-state index in [9.17, 15) is 14.4 Å². The van der Waals surface area contributed by atoms with Crippen molar-refractivity contribution >= 4 is 40.6 Å². The second-order valence-electron chi connectivity index (χ2n) is 5.83. The molecule has 1 aliphatic carbocycles. The first-order valence-electron chi connectivity index (χ1n) is 7.76. The molecule has 0 atom stereocenters. The smallest absolute Gasteiger partial charge is 0.182 e. The molecule has 1 heterocycles. The Morgan fingerprint density at radius 3 is 2.44 bits per heavy atom. The topological polar surface area (TPSA) is 94.8 Å². The Hall–Kier alpha value is -2.12. The van der Waals surface area contributed by atoms with Crippen LogP contribution in [0.15, 0.2) is 18.5 Å². The Labute approximate surface area is 153 Å². The number of halogens is 2. The molecule has 0 radical (unpaired) electrons. The van der Waals surface area contributed by atoms with E-state index in [1.54, 1.807) is 0 Å². The lowest BCUT2D eigenvalue weighted by atomic mass is 9.88. The number of Topliss-reactive ketones (excluding diaryl/α,β-unsaturated/α-hetero) is 3. The molecule has 0 unspecified atom stereocenters. The fraction of sp³-hybridized carbons (Fsp3) is 0.375. The largest absolute Gasteiger partial charge is 0.298 e. The molecule has 1 saturated carbocycles. The molecule has 1 fully saturated rings. The Balaban J connectivity index is 1.97. The van der Waals surface area contributed by atoms with E-state index in [0.717, 1.165) is 0 Å². The predicted octanol–water partition coefficient (Wildman–Crippen LogP) is 2.54. The van der Waals surface area contributed by atoms with Gasteiger partial charge in [0, 0.05) is 29.0 Å². The Kier molecular flexibility index (Phi) is 5.24. The van der Waals surface area contributed by atoms with Crippen LogP contribution in [-0.2, 0) is 16.1 Å². The Morgan fingerprint density at radius 2 is 1.84 bits per heavy atom. The highest BCUT2D eigenvalue weighted by Crippen LogP contribution is 2.32. The van der Waals surface area contributed by atoms with Crippen LogP contribution in [0.3, 0.4) is 0 Å². The zero-order chi connectivity index (χ0) is 18.0. The first-order chi connectivity index (χ1) is 12.0. The molecule has 3 rings (SSSR count). The first-order valence-corrected chi connectivity index (χ1v) is 8.52. The van der Waals surface area contributed by atoms with Crippen molar-refractivity contribution in [2.45, 2.75) is 32.2 Å². The molecule has 1 aliphatic rings.